The third kappa shape index (κ3) is 4.57. The SMILES string of the molecule is O=C(O)/C(=C/Cc1ccc(Cl)cc1)CC(=O)c1ccccc1. The number of carboxylic acid groups (broad SMARTS) is 1. The Hall–Kier alpha value is -2.39. The van der Waals surface area contributed by atoms with Crippen molar-refractivity contribution in [3.8, 4) is 0 Å². The molecular weight excluding hydrogens is 300 g/mol. The number of aliphatic carboxylic acids is 1. The van der Waals surface area contributed by atoms with Gasteiger partial charge in [0.2, 0.25) is 0 Å². The normalized spacial score (nSPS) is 11.2. The summed E-state index contributed by atoms with van der Waals surface area (Å²) < 4.78 is 0. The summed E-state index contributed by atoms with van der Waals surface area (Å²) in [5.74, 6) is -1.27. The standard InChI is InChI=1S/C18H15ClO3/c19-16-10-7-13(8-11-16)6-9-15(18(21)22)12-17(20)14-4-2-1-3-5-14/h1-5,7-11H,6,12H2,(H,21,22)/b15-9+. The maximum absolute atomic E-state index is 12.1. The van der Waals surface area contributed by atoms with Gasteiger partial charge in [0.1, 0.15) is 0 Å². The predicted octanol–water partition coefficient (Wildman–Crippen LogP) is 4.17. The minimum atomic E-state index is -1.07. The Balaban J connectivity index is 2.09. The number of rotatable bonds is 6. The highest BCUT2D eigenvalue weighted by Crippen LogP contribution is 2.14. The molecule has 0 saturated carbocycles. The number of carbonyl (C=O) groups excluding carboxylic acids is 1. The van der Waals surface area contributed by atoms with Crippen molar-refractivity contribution < 1.29 is 14.7 Å². The third-order valence-corrected chi connectivity index (χ3v) is 3.47. The Labute approximate surface area is 133 Å². The summed E-state index contributed by atoms with van der Waals surface area (Å²) in [6, 6.07) is 15.8. The Morgan fingerprint density at radius 1 is 1.00 bits per heavy atom. The van der Waals surface area contributed by atoms with Crippen LogP contribution < -0.4 is 0 Å². The lowest BCUT2D eigenvalue weighted by Gasteiger charge is -2.03. The van der Waals surface area contributed by atoms with E-state index in [1.807, 2.05) is 18.2 Å². The lowest BCUT2D eigenvalue weighted by atomic mass is 10.0. The van der Waals surface area contributed by atoms with Gasteiger partial charge < -0.3 is 5.11 Å². The Kier molecular flexibility index (Phi) is 5.50. The van der Waals surface area contributed by atoms with E-state index in [-0.39, 0.29) is 17.8 Å². The van der Waals surface area contributed by atoms with Crippen LogP contribution in [0.5, 0.6) is 0 Å². The second kappa shape index (κ2) is 7.57. The molecule has 0 bridgehead atoms. The van der Waals surface area contributed by atoms with Gasteiger partial charge in [-0.05, 0) is 24.1 Å². The van der Waals surface area contributed by atoms with Crippen LogP contribution in [0.1, 0.15) is 22.3 Å². The van der Waals surface area contributed by atoms with E-state index < -0.39 is 5.97 Å². The monoisotopic (exact) mass is 314 g/mol. The fourth-order valence-electron chi connectivity index (χ4n) is 2.00. The summed E-state index contributed by atoms with van der Waals surface area (Å²) in [5, 5.41) is 9.88. The van der Waals surface area contributed by atoms with E-state index in [0.717, 1.165) is 5.56 Å². The molecule has 4 heteroatoms. The van der Waals surface area contributed by atoms with E-state index in [9.17, 15) is 14.7 Å². The van der Waals surface area contributed by atoms with E-state index in [0.29, 0.717) is 17.0 Å². The molecule has 22 heavy (non-hydrogen) atoms. The quantitative estimate of drug-likeness (QED) is 0.643. The zero-order chi connectivity index (χ0) is 15.9. The largest absolute Gasteiger partial charge is 0.478 e. The summed E-state index contributed by atoms with van der Waals surface area (Å²) >= 11 is 5.81. The van der Waals surface area contributed by atoms with Crippen molar-refractivity contribution in [2.75, 3.05) is 0 Å². The molecule has 0 spiro atoms. The number of carbonyl (C=O) groups is 2. The molecule has 112 valence electrons. The summed E-state index contributed by atoms with van der Waals surface area (Å²) in [4.78, 5) is 23.4. The topological polar surface area (TPSA) is 54.4 Å². The van der Waals surface area contributed by atoms with Crippen molar-refractivity contribution in [3.63, 3.8) is 0 Å². The highest BCUT2D eigenvalue weighted by Gasteiger charge is 2.14. The number of hydrogen-bond donors (Lipinski definition) is 1. The summed E-state index contributed by atoms with van der Waals surface area (Å²) in [6.07, 6.45) is 1.90. The molecule has 0 aliphatic rings. The van der Waals surface area contributed by atoms with Gasteiger partial charge in [-0.15, -0.1) is 0 Å². The number of Topliss-reactive ketones (excluding diaryl/α,β-unsaturated/α-hetero) is 1. The van der Waals surface area contributed by atoms with Gasteiger partial charge in [-0.1, -0.05) is 60.1 Å². The van der Waals surface area contributed by atoms with Crippen molar-refractivity contribution in [3.05, 3.63) is 82.4 Å². The van der Waals surface area contributed by atoms with E-state index in [4.69, 9.17) is 11.6 Å². The molecule has 0 radical (unpaired) electrons. The van der Waals surface area contributed by atoms with Gasteiger partial charge in [0, 0.05) is 22.6 Å². The van der Waals surface area contributed by atoms with Crippen LogP contribution in [-0.2, 0) is 11.2 Å². The number of halogens is 1. The number of ketones is 1. The van der Waals surface area contributed by atoms with Crippen LogP contribution in [0.3, 0.4) is 0 Å². The lowest BCUT2D eigenvalue weighted by Crippen LogP contribution is -2.08. The molecule has 2 rings (SSSR count). The van der Waals surface area contributed by atoms with Crippen LogP contribution in [0.25, 0.3) is 0 Å². The van der Waals surface area contributed by atoms with E-state index in [1.165, 1.54) is 0 Å². The molecule has 0 aromatic heterocycles. The first-order valence-electron chi connectivity index (χ1n) is 6.81. The molecule has 0 aliphatic carbocycles. The predicted molar refractivity (Wildman–Crippen MR) is 86.3 cm³/mol. The van der Waals surface area contributed by atoms with Gasteiger partial charge in [-0.3, -0.25) is 4.79 Å². The minimum Gasteiger partial charge on any atom is -0.478 e. The average Bonchev–Trinajstić information content (AvgIpc) is 2.53. The molecule has 0 saturated heterocycles. The molecule has 2 aromatic carbocycles. The summed E-state index contributed by atoms with van der Waals surface area (Å²) in [5.41, 5.74) is 1.56. The number of benzene rings is 2. The molecule has 0 amide bonds. The fraction of sp³-hybridized carbons (Fsp3) is 0.111. The smallest absolute Gasteiger partial charge is 0.331 e. The molecule has 0 heterocycles. The van der Waals surface area contributed by atoms with Crippen LogP contribution >= 0.6 is 11.6 Å². The Morgan fingerprint density at radius 3 is 2.23 bits per heavy atom. The molecule has 0 atom stereocenters. The highest BCUT2D eigenvalue weighted by molar-refractivity contribution is 6.30. The molecule has 3 nitrogen and oxygen atoms in total. The maximum Gasteiger partial charge on any atom is 0.331 e. The summed E-state index contributed by atoms with van der Waals surface area (Å²) in [7, 11) is 0. The second-order valence-electron chi connectivity index (χ2n) is 4.83. The van der Waals surface area contributed by atoms with Gasteiger partial charge in [-0.2, -0.15) is 0 Å². The Morgan fingerprint density at radius 2 is 1.64 bits per heavy atom. The van der Waals surface area contributed by atoms with Crippen molar-refractivity contribution in [2.24, 2.45) is 0 Å². The van der Waals surface area contributed by atoms with Crippen molar-refractivity contribution >= 4 is 23.4 Å². The highest BCUT2D eigenvalue weighted by atomic mass is 35.5. The number of allylic oxidation sites excluding steroid dienone is 1. The molecule has 2 aromatic rings. The van der Waals surface area contributed by atoms with Crippen LogP contribution in [0.4, 0.5) is 0 Å². The van der Waals surface area contributed by atoms with Crippen LogP contribution in [0.15, 0.2) is 66.2 Å². The first kappa shape index (κ1) is 16.0. The van der Waals surface area contributed by atoms with Crippen LogP contribution in [-0.4, -0.2) is 16.9 Å². The molecule has 0 unspecified atom stereocenters. The first-order valence-corrected chi connectivity index (χ1v) is 7.19. The van der Waals surface area contributed by atoms with Crippen LogP contribution in [0.2, 0.25) is 5.02 Å². The average molecular weight is 315 g/mol. The minimum absolute atomic E-state index is 0.101. The number of carboxylic acids is 1. The van der Waals surface area contributed by atoms with Gasteiger partial charge >= 0.3 is 5.97 Å². The molecule has 1 N–H and O–H groups in total. The van der Waals surface area contributed by atoms with Crippen molar-refractivity contribution in [1.82, 2.24) is 0 Å². The molecule has 0 fully saturated rings. The van der Waals surface area contributed by atoms with Crippen molar-refractivity contribution in [1.29, 1.82) is 0 Å². The van der Waals surface area contributed by atoms with Gasteiger partial charge in [-0.25, -0.2) is 4.79 Å². The van der Waals surface area contributed by atoms with Gasteiger partial charge in [0.05, 0.1) is 0 Å². The maximum atomic E-state index is 12.1. The van der Waals surface area contributed by atoms with Gasteiger partial charge in [0.25, 0.3) is 0 Å². The van der Waals surface area contributed by atoms with E-state index in [2.05, 4.69) is 0 Å². The summed E-state index contributed by atoms with van der Waals surface area (Å²) in [6.45, 7) is 0. The van der Waals surface area contributed by atoms with E-state index in [1.54, 1.807) is 42.5 Å². The van der Waals surface area contributed by atoms with Crippen LogP contribution in [0, 0.1) is 0 Å². The van der Waals surface area contributed by atoms with Gasteiger partial charge in [0.15, 0.2) is 5.78 Å². The zero-order valence-corrected chi connectivity index (χ0v) is 12.6. The second-order valence-corrected chi connectivity index (χ2v) is 5.27. The number of hydrogen-bond acceptors (Lipinski definition) is 2. The molecular formula is C18H15ClO3. The lowest BCUT2D eigenvalue weighted by molar-refractivity contribution is -0.132. The zero-order valence-electron chi connectivity index (χ0n) is 11.8. The fourth-order valence-corrected chi connectivity index (χ4v) is 2.12. The van der Waals surface area contributed by atoms with Crippen molar-refractivity contribution in [2.45, 2.75) is 12.8 Å². The third-order valence-electron chi connectivity index (χ3n) is 3.22. The Bertz CT molecular complexity index is 688. The van der Waals surface area contributed by atoms with E-state index >= 15 is 0 Å². The molecule has 0 aliphatic heterocycles. The first-order chi connectivity index (χ1) is 10.6.